The first kappa shape index (κ1) is 15.0. The number of hydrogen-bond acceptors (Lipinski definition) is 4. The van der Waals surface area contributed by atoms with Gasteiger partial charge in [-0.05, 0) is 24.6 Å². The number of nitrogens with one attached hydrogen (secondary N) is 2. The molecule has 0 aliphatic carbocycles. The van der Waals surface area contributed by atoms with E-state index >= 15 is 0 Å². The van der Waals surface area contributed by atoms with Crippen LogP contribution >= 0.6 is 0 Å². The second kappa shape index (κ2) is 8.95. The number of ether oxygens (including phenoxy) is 1. The van der Waals surface area contributed by atoms with Crippen molar-refractivity contribution in [1.29, 1.82) is 5.26 Å². The minimum absolute atomic E-state index is 0.101. The van der Waals surface area contributed by atoms with Crippen molar-refractivity contribution >= 4 is 5.91 Å². The zero-order valence-electron chi connectivity index (χ0n) is 11.1. The standard InChI is InChI=1S/C14H19N3O2/c1-2-19-13-6-3-5-12(9-13)10-16-11-14(18)17-8-4-7-15/h3,5-6,9,16H,2,4,8,10-11H2,1H3,(H,17,18). The van der Waals surface area contributed by atoms with Gasteiger partial charge >= 0.3 is 0 Å². The van der Waals surface area contributed by atoms with Crippen LogP contribution in [0.2, 0.25) is 0 Å². The van der Waals surface area contributed by atoms with E-state index in [-0.39, 0.29) is 12.5 Å². The number of carbonyl (C=O) groups is 1. The molecule has 0 aliphatic rings. The van der Waals surface area contributed by atoms with Gasteiger partial charge < -0.3 is 15.4 Å². The van der Waals surface area contributed by atoms with Crippen LogP contribution in [0.3, 0.4) is 0 Å². The molecule has 0 aliphatic heterocycles. The normalized spacial score (nSPS) is 9.68. The predicted octanol–water partition coefficient (Wildman–Crippen LogP) is 1.20. The minimum atomic E-state index is -0.101. The number of nitrogens with zero attached hydrogens (tertiary/aromatic N) is 1. The van der Waals surface area contributed by atoms with Gasteiger partial charge in [-0.15, -0.1) is 0 Å². The Morgan fingerprint density at radius 3 is 3.05 bits per heavy atom. The molecule has 0 saturated heterocycles. The number of carbonyl (C=O) groups excluding carboxylic acids is 1. The molecule has 0 saturated carbocycles. The van der Waals surface area contributed by atoms with Gasteiger partial charge in [-0.3, -0.25) is 4.79 Å². The van der Waals surface area contributed by atoms with E-state index in [1.54, 1.807) is 0 Å². The molecule has 0 aromatic heterocycles. The average molecular weight is 261 g/mol. The SMILES string of the molecule is CCOc1cccc(CNCC(=O)NCCC#N)c1. The minimum Gasteiger partial charge on any atom is -0.494 e. The van der Waals surface area contributed by atoms with E-state index in [1.165, 1.54) is 0 Å². The van der Waals surface area contributed by atoms with Gasteiger partial charge in [0, 0.05) is 13.1 Å². The van der Waals surface area contributed by atoms with E-state index in [1.807, 2.05) is 37.3 Å². The van der Waals surface area contributed by atoms with Gasteiger partial charge in [0.1, 0.15) is 5.75 Å². The molecule has 0 atom stereocenters. The van der Waals surface area contributed by atoms with E-state index in [4.69, 9.17) is 10.00 Å². The van der Waals surface area contributed by atoms with E-state index in [2.05, 4.69) is 10.6 Å². The fraction of sp³-hybridized carbons (Fsp3) is 0.429. The molecule has 5 heteroatoms. The van der Waals surface area contributed by atoms with Crippen molar-refractivity contribution in [3.05, 3.63) is 29.8 Å². The van der Waals surface area contributed by atoms with E-state index in [0.29, 0.717) is 26.1 Å². The first-order chi connectivity index (χ1) is 9.26. The van der Waals surface area contributed by atoms with Crippen LogP contribution in [0.1, 0.15) is 18.9 Å². The molecule has 0 radical (unpaired) electrons. The third-order valence-corrected chi connectivity index (χ3v) is 2.38. The third kappa shape index (κ3) is 6.43. The highest BCUT2D eigenvalue weighted by Gasteiger charge is 2.00. The van der Waals surface area contributed by atoms with Crippen molar-refractivity contribution in [2.75, 3.05) is 19.7 Å². The molecule has 2 N–H and O–H groups in total. The highest BCUT2D eigenvalue weighted by Crippen LogP contribution is 2.12. The zero-order chi connectivity index (χ0) is 13.9. The summed E-state index contributed by atoms with van der Waals surface area (Å²) in [6.45, 7) is 3.82. The quantitative estimate of drug-likeness (QED) is 0.690. The number of benzene rings is 1. The van der Waals surface area contributed by atoms with Gasteiger partial charge in [0.15, 0.2) is 0 Å². The Morgan fingerprint density at radius 1 is 1.47 bits per heavy atom. The molecular weight excluding hydrogens is 242 g/mol. The Balaban J connectivity index is 2.27. The van der Waals surface area contributed by atoms with Crippen LogP contribution in [0.4, 0.5) is 0 Å². The van der Waals surface area contributed by atoms with Crippen molar-refractivity contribution in [2.24, 2.45) is 0 Å². The lowest BCUT2D eigenvalue weighted by Gasteiger charge is -2.07. The first-order valence-electron chi connectivity index (χ1n) is 6.32. The number of nitriles is 1. The summed E-state index contributed by atoms with van der Waals surface area (Å²) >= 11 is 0. The third-order valence-electron chi connectivity index (χ3n) is 2.38. The second-order valence-electron chi connectivity index (χ2n) is 3.94. The summed E-state index contributed by atoms with van der Waals surface area (Å²) in [5.74, 6) is 0.733. The largest absolute Gasteiger partial charge is 0.494 e. The number of rotatable bonds is 8. The summed E-state index contributed by atoms with van der Waals surface area (Å²) in [6, 6.07) is 9.73. The van der Waals surface area contributed by atoms with Crippen molar-refractivity contribution in [3.63, 3.8) is 0 Å². The molecule has 5 nitrogen and oxygen atoms in total. The fourth-order valence-electron chi connectivity index (χ4n) is 1.55. The monoisotopic (exact) mass is 261 g/mol. The maximum Gasteiger partial charge on any atom is 0.234 e. The molecular formula is C14H19N3O2. The lowest BCUT2D eigenvalue weighted by molar-refractivity contribution is -0.120. The smallest absolute Gasteiger partial charge is 0.234 e. The van der Waals surface area contributed by atoms with Gasteiger partial charge in [0.25, 0.3) is 0 Å². The van der Waals surface area contributed by atoms with Crippen LogP contribution in [-0.2, 0) is 11.3 Å². The first-order valence-corrected chi connectivity index (χ1v) is 6.32. The Kier molecular flexibility index (Phi) is 7.06. The maximum atomic E-state index is 11.4. The highest BCUT2D eigenvalue weighted by atomic mass is 16.5. The summed E-state index contributed by atoms with van der Waals surface area (Å²) in [4.78, 5) is 11.4. The molecule has 0 unspecified atom stereocenters. The summed E-state index contributed by atoms with van der Waals surface area (Å²) < 4.78 is 5.40. The fourth-order valence-corrected chi connectivity index (χ4v) is 1.55. The van der Waals surface area contributed by atoms with Crippen LogP contribution in [0.25, 0.3) is 0 Å². The molecule has 1 rings (SSSR count). The molecule has 0 fully saturated rings. The molecule has 1 aromatic rings. The summed E-state index contributed by atoms with van der Waals surface area (Å²) in [5, 5.41) is 14.0. The lowest BCUT2D eigenvalue weighted by atomic mass is 10.2. The molecule has 1 aromatic carbocycles. The number of amides is 1. The molecule has 19 heavy (non-hydrogen) atoms. The summed E-state index contributed by atoms with van der Waals surface area (Å²) in [7, 11) is 0. The van der Waals surface area contributed by atoms with E-state index in [0.717, 1.165) is 11.3 Å². The van der Waals surface area contributed by atoms with E-state index in [9.17, 15) is 4.79 Å². The molecule has 102 valence electrons. The maximum absolute atomic E-state index is 11.4. The van der Waals surface area contributed by atoms with E-state index < -0.39 is 0 Å². The van der Waals surface area contributed by atoms with Gasteiger partial charge in [-0.25, -0.2) is 0 Å². The van der Waals surface area contributed by atoms with Crippen LogP contribution in [0, 0.1) is 11.3 Å². The lowest BCUT2D eigenvalue weighted by Crippen LogP contribution is -2.34. The Labute approximate surface area is 113 Å². The van der Waals surface area contributed by atoms with Crippen molar-refractivity contribution in [2.45, 2.75) is 19.9 Å². The predicted molar refractivity (Wildman–Crippen MR) is 72.6 cm³/mol. The van der Waals surface area contributed by atoms with Gasteiger partial charge in [0.2, 0.25) is 5.91 Å². The molecule has 0 spiro atoms. The van der Waals surface area contributed by atoms with Crippen molar-refractivity contribution < 1.29 is 9.53 Å². The summed E-state index contributed by atoms with van der Waals surface area (Å²) in [6.07, 6.45) is 0.335. The zero-order valence-corrected chi connectivity index (χ0v) is 11.1. The summed E-state index contributed by atoms with van der Waals surface area (Å²) in [5.41, 5.74) is 1.07. The van der Waals surface area contributed by atoms with Gasteiger partial charge in [-0.2, -0.15) is 5.26 Å². The van der Waals surface area contributed by atoms with Crippen molar-refractivity contribution in [1.82, 2.24) is 10.6 Å². The molecule has 0 bridgehead atoms. The topological polar surface area (TPSA) is 74.2 Å². The van der Waals surface area contributed by atoms with Crippen LogP contribution < -0.4 is 15.4 Å². The average Bonchev–Trinajstić information content (AvgIpc) is 2.40. The number of hydrogen-bond donors (Lipinski definition) is 2. The van der Waals surface area contributed by atoms with Gasteiger partial charge in [0.05, 0.1) is 25.6 Å². The van der Waals surface area contributed by atoms with Crippen LogP contribution in [0.5, 0.6) is 5.75 Å². The van der Waals surface area contributed by atoms with Crippen LogP contribution in [-0.4, -0.2) is 25.6 Å². The Hall–Kier alpha value is -2.06. The second-order valence-corrected chi connectivity index (χ2v) is 3.94. The molecule has 0 heterocycles. The van der Waals surface area contributed by atoms with Gasteiger partial charge in [-0.1, -0.05) is 12.1 Å². The van der Waals surface area contributed by atoms with Crippen molar-refractivity contribution in [3.8, 4) is 11.8 Å². The Morgan fingerprint density at radius 2 is 2.32 bits per heavy atom. The van der Waals surface area contributed by atoms with Crippen LogP contribution in [0.15, 0.2) is 24.3 Å². The molecule has 1 amide bonds. The Bertz CT molecular complexity index is 441. The highest BCUT2D eigenvalue weighted by molar-refractivity contribution is 5.77.